The smallest absolute Gasteiger partial charge is 0.159 e. The Hall–Kier alpha value is -3.26. The summed E-state index contributed by atoms with van der Waals surface area (Å²) in [6, 6.07) is 24.5. The summed E-state index contributed by atoms with van der Waals surface area (Å²) in [6.45, 7) is 3.18. The van der Waals surface area contributed by atoms with Crippen molar-refractivity contribution in [1.29, 1.82) is 0 Å². The van der Waals surface area contributed by atoms with E-state index in [4.69, 9.17) is 0 Å². The Balaban J connectivity index is 1.64. The van der Waals surface area contributed by atoms with Gasteiger partial charge in [0.05, 0.1) is 0 Å². The van der Waals surface area contributed by atoms with Crippen molar-refractivity contribution < 1.29 is 9.59 Å². The second-order valence-corrected chi connectivity index (χ2v) is 7.08. The average Bonchev–Trinajstić information content (AvgIpc) is 2.67. The molecule has 0 aliphatic heterocycles. The van der Waals surface area contributed by atoms with E-state index in [0.717, 1.165) is 39.1 Å². The van der Waals surface area contributed by atoms with Crippen molar-refractivity contribution in [2.24, 2.45) is 0 Å². The highest BCUT2D eigenvalue weighted by atomic mass is 16.1. The van der Waals surface area contributed by atoms with Crippen molar-refractivity contribution in [3.8, 4) is 0 Å². The number of Topliss-reactive ketones (excluding diaryl/α,β-unsaturated/α-hetero) is 2. The van der Waals surface area contributed by atoms with E-state index in [1.807, 2.05) is 36.4 Å². The molecule has 4 aromatic carbocycles. The van der Waals surface area contributed by atoms with Gasteiger partial charge in [0, 0.05) is 11.1 Å². The zero-order chi connectivity index (χ0) is 19.0. The molecule has 2 nitrogen and oxygen atoms in total. The lowest BCUT2D eigenvalue weighted by molar-refractivity contribution is 0.100. The predicted octanol–water partition coefficient (Wildman–Crippen LogP) is 5.99. The van der Waals surface area contributed by atoms with E-state index in [-0.39, 0.29) is 11.6 Å². The molecule has 0 saturated carbocycles. The van der Waals surface area contributed by atoms with Crippen LogP contribution in [-0.4, -0.2) is 11.6 Å². The summed E-state index contributed by atoms with van der Waals surface area (Å²) in [7, 11) is 0. The maximum Gasteiger partial charge on any atom is 0.159 e. The van der Waals surface area contributed by atoms with E-state index < -0.39 is 0 Å². The fourth-order valence-electron chi connectivity index (χ4n) is 3.48. The summed E-state index contributed by atoms with van der Waals surface area (Å²) in [5, 5.41) is 4.46. The highest BCUT2D eigenvalue weighted by Crippen LogP contribution is 2.23. The van der Waals surface area contributed by atoms with Gasteiger partial charge in [0.25, 0.3) is 0 Å². The Labute approximate surface area is 158 Å². The van der Waals surface area contributed by atoms with E-state index in [1.165, 1.54) is 11.1 Å². The van der Waals surface area contributed by atoms with Gasteiger partial charge in [-0.15, -0.1) is 0 Å². The van der Waals surface area contributed by atoms with Gasteiger partial charge in [0.2, 0.25) is 0 Å². The molecule has 0 bridgehead atoms. The van der Waals surface area contributed by atoms with Crippen molar-refractivity contribution in [3.63, 3.8) is 0 Å². The number of carbonyl (C=O) groups is 2. The van der Waals surface area contributed by atoms with Crippen LogP contribution >= 0.6 is 0 Å². The molecule has 0 amide bonds. The van der Waals surface area contributed by atoms with Crippen LogP contribution in [0.1, 0.15) is 45.7 Å². The maximum atomic E-state index is 11.5. The fraction of sp³-hybridized carbons (Fsp3) is 0.120. The van der Waals surface area contributed by atoms with Crippen molar-refractivity contribution in [1.82, 2.24) is 0 Å². The quantitative estimate of drug-likeness (QED) is 0.423. The molecular formula is C25H20O2. The molecule has 4 aromatic rings. The predicted molar refractivity (Wildman–Crippen MR) is 111 cm³/mol. The second kappa shape index (κ2) is 6.81. The minimum atomic E-state index is 0.0880. The zero-order valence-corrected chi connectivity index (χ0v) is 15.5. The van der Waals surface area contributed by atoms with Crippen molar-refractivity contribution >= 4 is 33.1 Å². The summed E-state index contributed by atoms with van der Waals surface area (Å²) < 4.78 is 0. The topological polar surface area (TPSA) is 34.1 Å². The van der Waals surface area contributed by atoms with Gasteiger partial charge >= 0.3 is 0 Å². The molecule has 2 heteroatoms. The van der Waals surface area contributed by atoms with Crippen LogP contribution in [-0.2, 0) is 6.42 Å². The molecule has 132 valence electrons. The Morgan fingerprint density at radius 1 is 0.556 bits per heavy atom. The fourth-order valence-corrected chi connectivity index (χ4v) is 3.48. The second-order valence-electron chi connectivity index (χ2n) is 7.08. The lowest BCUT2D eigenvalue weighted by atomic mass is 9.97. The van der Waals surface area contributed by atoms with E-state index in [2.05, 4.69) is 36.4 Å². The molecule has 0 fully saturated rings. The summed E-state index contributed by atoms with van der Waals surface area (Å²) in [6.07, 6.45) is 0.842. The number of rotatable bonds is 4. The monoisotopic (exact) mass is 352 g/mol. The van der Waals surface area contributed by atoms with Crippen LogP contribution in [0.15, 0.2) is 72.8 Å². The molecule has 0 saturated heterocycles. The zero-order valence-electron chi connectivity index (χ0n) is 15.5. The van der Waals surface area contributed by atoms with Gasteiger partial charge < -0.3 is 0 Å². The van der Waals surface area contributed by atoms with Crippen LogP contribution in [0, 0.1) is 0 Å². The number of hydrogen-bond acceptors (Lipinski definition) is 2. The average molecular weight is 352 g/mol. The molecule has 0 spiro atoms. The van der Waals surface area contributed by atoms with Crippen LogP contribution in [0.3, 0.4) is 0 Å². The third-order valence-corrected chi connectivity index (χ3v) is 5.03. The van der Waals surface area contributed by atoms with Gasteiger partial charge in [-0.25, -0.2) is 0 Å². The lowest BCUT2D eigenvalue weighted by Crippen LogP contribution is -1.93. The van der Waals surface area contributed by atoms with E-state index in [0.29, 0.717) is 0 Å². The van der Waals surface area contributed by atoms with Crippen LogP contribution < -0.4 is 0 Å². The van der Waals surface area contributed by atoms with Gasteiger partial charge in [-0.3, -0.25) is 9.59 Å². The first-order valence-electron chi connectivity index (χ1n) is 9.07. The minimum absolute atomic E-state index is 0.0880. The summed E-state index contributed by atoms with van der Waals surface area (Å²) in [4.78, 5) is 23.1. The van der Waals surface area contributed by atoms with E-state index in [9.17, 15) is 9.59 Å². The molecular weight excluding hydrogens is 332 g/mol. The third-order valence-electron chi connectivity index (χ3n) is 5.03. The highest BCUT2D eigenvalue weighted by molar-refractivity contribution is 5.99. The Morgan fingerprint density at radius 2 is 0.926 bits per heavy atom. The molecule has 0 unspecified atom stereocenters. The molecule has 0 atom stereocenters. The Bertz CT molecular complexity index is 1110. The number of fused-ring (bicyclic) bond motifs is 2. The maximum absolute atomic E-state index is 11.5. The van der Waals surface area contributed by atoms with Crippen LogP contribution in [0.25, 0.3) is 21.5 Å². The normalized spacial score (nSPS) is 11.0. The summed E-state index contributed by atoms with van der Waals surface area (Å²) >= 11 is 0. The van der Waals surface area contributed by atoms with Crippen LogP contribution in [0.4, 0.5) is 0 Å². The Kier molecular flexibility index (Phi) is 4.33. The standard InChI is InChI=1S/C25H20O2/c1-16(26)20-7-9-22-12-18(3-5-24(22)14-20)11-19-4-6-25-15-21(17(2)27)8-10-23(25)13-19/h3-10,12-15H,11H2,1-2H3. The molecule has 4 rings (SSSR count). The molecule has 0 radical (unpaired) electrons. The van der Waals surface area contributed by atoms with Crippen LogP contribution in [0.5, 0.6) is 0 Å². The first-order chi connectivity index (χ1) is 13.0. The largest absolute Gasteiger partial charge is 0.295 e. The van der Waals surface area contributed by atoms with E-state index >= 15 is 0 Å². The van der Waals surface area contributed by atoms with Crippen molar-refractivity contribution in [2.45, 2.75) is 20.3 Å². The Morgan fingerprint density at radius 3 is 1.33 bits per heavy atom. The first-order valence-corrected chi connectivity index (χ1v) is 9.07. The lowest BCUT2D eigenvalue weighted by Gasteiger charge is -2.07. The van der Waals surface area contributed by atoms with Gasteiger partial charge in [-0.2, -0.15) is 0 Å². The van der Waals surface area contributed by atoms with Gasteiger partial charge in [-0.05, 0) is 65.1 Å². The number of ketones is 2. The third kappa shape index (κ3) is 3.52. The van der Waals surface area contributed by atoms with Gasteiger partial charge in [0.1, 0.15) is 0 Å². The van der Waals surface area contributed by atoms with Crippen molar-refractivity contribution in [2.75, 3.05) is 0 Å². The van der Waals surface area contributed by atoms with Gasteiger partial charge in [-0.1, -0.05) is 60.7 Å². The number of hydrogen-bond donors (Lipinski definition) is 0. The molecule has 27 heavy (non-hydrogen) atoms. The molecule has 0 aromatic heterocycles. The van der Waals surface area contributed by atoms with Gasteiger partial charge in [0.15, 0.2) is 11.6 Å². The first kappa shape index (κ1) is 17.2. The molecule has 0 heterocycles. The van der Waals surface area contributed by atoms with Crippen molar-refractivity contribution in [3.05, 3.63) is 95.1 Å². The highest BCUT2D eigenvalue weighted by Gasteiger charge is 2.05. The number of carbonyl (C=O) groups excluding carboxylic acids is 2. The molecule has 0 aliphatic rings. The summed E-state index contributed by atoms with van der Waals surface area (Å²) in [5.74, 6) is 0.176. The van der Waals surface area contributed by atoms with E-state index in [1.54, 1.807) is 13.8 Å². The summed E-state index contributed by atoms with van der Waals surface area (Å²) in [5.41, 5.74) is 3.96. The number of benzene rings is 4. The molecule has 0 N–H and O–H groups in total. The SMILES string of the molecule is CC(=O)c1ccc2cc(Cc3ccc4cc(C(C)=O)ccc4c3)ccc2c1. The van der Waals surface area contributed by atoms with Crippen LogP contribution in [0.2, 0.25) is 0 Å². The minimum Gasteiger partial charge on any atom is -0.295 e. The molecule has 0 aliphatic carbocycles.